The summed E-state index contributed by atoms with van der Waals surface area (Å²) in [6, 6.07) is 5.46. The van der Waals surface area contributed by atoms with Crippen LogP contribution in [0.3, 0.4) is 0 Å². The van der Waals surface area contributed by atoms with Gasteiger partial charge in [0.25, 0.3) is 5.91 Å². The summed E-state index contributed by atoms with van der Waals surface area (Å²) >= 11 is 0. The minimum absolute atomic E-state index is 0.0680. The van der Waals surface area contributed by atoms with Crippen LogP contribution in [0.25, 0.3) is 5.69 Å². The molecule has 2 rings (SSSR count). The number of amides is 1. The van der Waals surface area contributed by atoms with Gasteiger partial charge in [0, 0.05) is 11.8 Å². The van der Waals surface area contributed by atoms with Crippen LogP contribution in [0.15, 0.2) is 35.1 Å². The molecule has 0 spiro atoms. The van der Waals surface area contributed by atoms with Crippen LogP contribution in [0.5, 0.6) is 0 Å². The largest absolute Gasteiger partial charge is 0.416 e. The van der Waals surface area contributed by atoms with Crippen molar-refractivity contribution < 1.29 is 18.0 Å². The number of hydrogen-bond acceptors (Lipinski definition) is 4. The number of halogens is 3. The van der Waals surface area contributed by atoms with Crippen LogP contribution in [0, 0.1) is 6.92 Å². The molecule has 1 heterocycles. The summed E-state index contributed by atoms with van der Waals surface area (Å²) in [5, 5.41) is 3.78. The van der Waals surface area contributed by atoms with Crippen molar-refractivity contribution in [2.75, 3.05) is 0 Å². The van der Waals surface area contributed by atoms with Gasteiger partial charge < -0.3 is 0 Å². The van der Waals surface area contributed by atoms with E-state index in [9.17, 15) is 22.8 Å². The van der Waals surface area contributed by atoms with E-state index in [1.54, 1.807) is 5.43 Å². The average molecular weight is 312 g/mol. The van der Waals surface area contributed by atoms with Crippen molar-refractivity contribution in [1.82, 2.24) is 15.2 Å². The maximum Gasteiger partial charge on any atom is 0.416 e. The van der Waals surface area contributed by atoms with Gasteiger partial charge in [-0.25, -0.2) is 10.5 Å². The number of rotatable bonds is 2. The molecular formula is C13H11F3N4O2. The molecule has 1 aromatic carbocycles. The van der Waals surface area contributed by atoms with Crippen molar-refractivity contribution in [2.45, 2.75) is 13.1 Å². The Bertz CT molecular complexity index is 784. The molecule has 0 aliphatic rings. The third-order valence-corrected chi connectivity index (χ3v) is 2.87. The summed E-state index contributed by atoms with van der Waals surface area (Å²) in [5.41, 5.74) is 0.0530. The van der Waals surface area contributed by atoms with Crippen LogP contribution in [0.2, 0.25) is 0 Å². The topological polar surface area (TPSA) is 90.0 Å². The van der Waals surface area contributed by atoms with Crippen LogP contribution in [0.1, 0.15) is 21.7 Å². The maximum absolute atomic E-state index is 12.8. The number of nitrogen functional groups attached to an aromatic ring is 1. The van der Waals surface area contributed by atoms with Crippen LogP contribution in [-0.2, 0) is 6.18 Å². The minimum atomic E-state index is -4.51. The first-order valence-electron chi connectivity index (χ1n) is 6.03. The van der Waals surface area contributed by atoms with E-state index in [1.165, 1.54) is 19.1 Å². The van der Waals surface area contributed by atoms with Gasteiger partial charge in [0.2, 0.25) is 5.43 Å². The number of carbonyl (C=O) groups excluding carboxylic acids is 1. The fraction of sp³-hybridized carbons (Fsp3) is 0.154. The second kappa shape index (κ2) is 5.60. The van der Waals surface area contributed by atoms with Crippen molar-refractivity contribution in [1.29, 1.82) is 0 Å². The molecule has 22 heavy (non-hydrogen) atoms. The Balaban J connectivity index is 2.63. The van der Waals surface area contributed by atoms with E-state index in [0.717, 1.165) is 22.9 Å². The molecule has 1 aromatic heterocycles. The van der Waals surface area contributed by atoms with Crippen molar-refractivity contribution >= 4 is 5.91 Å². The molecule has 116 valence electrons. The molecule has 0 aliphatic carbocycles. The van der Waals surface area contributed by atoms with Gasteiger partial charge in [-0.2, -0.15) is 18.3 Å². The molecule has 0 unspecified atom stereocenters. The molecule has 9 heteroatoms. The van der Waals surface area contributed by atoms with Crippen molar-refractivity contribution in [2.24, 2.45) is 5.84 Å². The second-order valence-corrected chi connectivity index (χ2v) is 4.43. The average Bonchev–Trinajstić information content (AvgIpc) is 2.46. The normalized spacial score (nSPS) is 11.3. The number of hydrogen-bond donors (Lipinski definition) is 2. The predicted molar refractivity (Wildman–Crippen MR) is 71.2 cm³/mol. The molecule has 0 radical (unpaired) electrons. The standard InChI is InChI=1S/C13H11F3N4O2/c1-7-5-10(21)11(12(22)18-17)19-20(7)9-4-2-3-8(6-9)13(14,15)16/h2-6H,17H2,1H3,(H,18,22). The van der Waals surface area contributed by atoms with E-state index in [4.69, 9.17) is 5.84 Å². The van der Waals surface area contributed by atoms with Gasteiger partial charge in [0.15, 0.2) is 5.69 Å². The van der Waals surface area contributed by atoms with E-state index >= 15 is 0 Å². The molecule has 6 nitrogen and oxygen atoms in total. The molecule has 0 saturated carbocycles. The van der Waals surface area contributed by atoms with Crippen molar-refractivity contribution in [3.63, 3.8) is 0 Å². The monoisotopic (exact) mass is 312 g/mol. The van der Waals surface area contributed by atoms with Gasteiger partial charge in [-0.15, -0.1) is 0 Å². The van der Waals surface area contributed by atoms with Gasteiger partial charge in [-0.3, -0.25) is 15.0 Å². The number of nitrogens with two attached hydrogens (primary N) is 1. The number of nitrogens with zero attached hydrogens (tertiary/aromatic N) is 2. The lowest BCUT2D eigenvalue weighted by molar-refractivity contribution is -0.137. The third kappa shape index (κ3) is 2.98. The first kappa shape index (κ1) is 15.7. The van der Waals surface area contributed by atoms with Crippen molar-refractivity contribution in [3.05, 3.63) is 57.5 Å². The number of carbonyl (C=O) groups is 1. The Morgan fingerprint density at radius 2 is 2.00 bits per heavy atom. The van der Waals surface area contributed by atoms with Crippen molar-refractivity contribution in [3.8, 4) is 5.69 Å². The summed E-state index contributed by atoms with van der Waals surface area (Å²) < 4.78 is 39.3. The molecule has 0 bridgehead atoms. The SMILES string of the molecule is Cc1cc(=O)c(C(=O)NN)nn1-c1cccc(C(F)(F)F)c1. The highest BCUT2D eigenvalue weighted by Crippen LogP contribution is 2.30. The highest BCUT2D eigenvalue weighted by molar-refractivity contribution is 5.91. The Hall–Kier alpha value is -2.68. The Labute approximate surface area is 122 Å². The Morgan fingerprint density at radius 1 is 1.32 bits per heavy atom. The van der Waals surface area contributed by atoms with E-state index in [0.29, 0.717) is 0 Å². The first-order valence-corrected chi connectivity index (χ1v) is 6.03. The van der Waals surface area contributed by atoms with Crippen LogP contribution < -0.4 is 16.7 Å². The van der Waals surface area contributed by atoms with Crippen LogP contribution >= 0.6 is 0 Å². The summed E-state index contributed by atoms with van der Waals surface area (Å²) in [4.78, 5) is 23.1. The number of hydrazine groups is 1. The van der Waals surface area contributed by atoms with E-state index in [1.807, 2.05) is 0 Å². The summed E-state index contributed by atoms with van der Waals surface area (Å²) in [5.74, 6) is 4.02. The van der Waals surface area contributed by atoms with Gasteiger partial charge in [-0.1, -0.05) is 6.07 Å². The molecule has 1 amide bonds. The number of benzene rings is 1. The lowest BCUT2D eigenvalue weighted by atomic mass is 10.2. The number of aryl methyl sites for hydroxylation is 1. The van der Waals surface area contributed by atoms with Gasteiger partial charge >= 0.3 is 6.18 Å². The molecule has 0 aliphatic heterocycles. The zero-order chi connectivity index (χ0) is 16.5. The van der Waals surface area contributed by atoms with Crippen LogP contribution in [0.4, 0.5) is 13.2 Å². The van der Waals surface area contributed by atoms with Gasteiger partial charge in [0.1, 0.15) is 0 Å². The number of nitrogens with one attached hydrogen (secondary N) is 1. The first-order chi connectivity index (χ1) is 10.2. The zero-order valence-corrected chi connectivity index (χ0v) is 11.3. The fourth-order valence-corrected chi connectivity index (χ4v) is 1.85. The number of aromatic nitrogens is 2. The minimum Gasteiger partial charge on any atom is -0.289 e. The smallest absolute Gasteiger partial charge is 0.289 e. The molecule has 0 atom stereocenters. The fourth-order valence-electron chi connectivity index (χ4n) is 1.85. The Morgan fingerprint density at radius 3 is 2.59 bits per heavy atom. The van der Waals surface area contributed by atoms with E-state index in [-0.39, 0.29) is 11.4 Å². The highest BCUT2D eigenvalue weighted by atomic mass is 19.4. The molecule has 2 aromatic rings. The van der Waals surface area contributed by atoms with Crippen LogP contribution in [-0.4, -0.2) is 15.7 Å². The zero-order valence-electron chi connectivity index (χ0n) is 11.3. The lowest BCUT2D eigenvalue weighted by Gasteiger charge is -2.13. The molecular weight excluding hydrogens is 301 g/mol. The lowest BCUT2D eigenvalue weighted by Crippen LogP contribution is -2.36. The Kier molecular flexibility index (Phi) is 4.00. The summed E-state index contributed by atoms with van der Waals surface area (Å²) in [7, 11) is 0. The molecule has 3 N–H and O–H groups in total. The third-order valence-electron chi connectivity index (χ3n) is 2.87. The maximum atomic E-state index is 12.8. The predicted octanol–water partition coefficient (Wildman–Crippen LogP) is 1.16. The van der Waals surface area contributed by atoms with E-state index < -0.39 is 28.8 Å². The van der Waals surface area contributed by atoms with E-state index in [2.05, 4.69) is 5.10 Å². The quantitative estimate of drug-likeness (QED) is 0.495. The summed E-state index contributed by atoms with van der Waals surface area (Å²) in [6.45, 7) is 1.48. The second-order valence-electron chi connectivity index (χ2n) is 4.43. The van der Waals surface area contributed by atoms with Gasteiger partial charge in [0.05, 0.1) is 11.3 Å². The summed E-state index contributed by atoms with van der Waals surface area (Å²) in [6.07, 6.45) is -4.51. The molecule has 0 saturated heterocycles. The van der Waals surface area contributed by atoms with Gasteiger partial charge in [-0.05, 0) is 25.1 Å². The highest BCUT2D eigenvalue weighted by Gasteiger charge is 2.30. The molecule has 0 fully saturated rings. The number of alkyl halides is 3.